The van der Waals surface area contributed by atoms with Crippen LogP contribution in [-0.2, 0) is 11.3 Å². The summed E-state index contributed by atoms with van der Waals surface area (Å²) in [6.07, 6.45) is 3.38. The summed E-state index contributed by atoms with van der Waals surface area (Å²) in [6, 6.07) is 11.6. The first-order chi connectivity index (χ1) is 17.2. The van der Waals surface area contributed by atoms with Gasteiger partial charge >= 0.3 is 6.09 Å². The zero-order valence-corrected chi connectivity index (χ0v) is 21.1. The van der Waals surface area contributed by atoms with Gasteiger partial charge in [0.2, 0.25) is 5.78 Å². The van der Waals surface area contributed by atoms with E-state index < -0.39 is 5.60 Å². The van der Waals surface area contributed by atoms with Gasteiger partial charge < -0.3 is 24.1 Å². The number of aromatic amines is 1. The number of hydrogen-bond acceptors (Lipinski definition) is 6. The number of nitrogens with zero attached hydrogens (tertiary/aromatic N) is 2. The molecule has 3 aromatic rings. The van der Waals surface area contributed by atoms with E-state index in [1.807, 2.05) is 57.3 Å². The Bertz CT molecular complexity index is 1340. The minimum absolute atomic E-state index is 0.162. The fraction of sp³-hybridized carbons (Fsp3) is 0.357. The van der Waals surface area contributed by atoms with E-state index >= 15 is 0 Å². The van der Waals surface area contributed by atoms with Gasteiger partial charge in [-0.15, -0.1) is 0 Å². The van der Waals surface area contributed by atoms with Crippen LogP contribution in [0.1, 0.15) is 42.3 Å². The average Bonchev–Trinajstić information content (AvgIpc) is 3.40. The van der Waals surface area contributed by atoms with Gasteiger partial charge in [-0.05, 0) is 45.0 Å². The van der Waals surface area contributed by atoms with E-state index in [-0.39, 0.29) is 11.9 Å². The van der Waals surface area contributed by atoms with Crippen LogP contribution in [0, 0.1) is 0 Å². The molecule has 0 saturated carbocycles. The lowest BCUT2D eigenvalue weighted by Gasteiger charge is -2.35. The number of ketones is 1. The van der Waals surface area contributed by atoms with Crippen molar-refractivity contribution in [3.8, 4) is 11.5 Å². The summed E-state index contributed by atoms with van der Waals surface area (Å²) in [4.78, 5) is 32.9. The molecule has 1 aromatic heterocycles. The number of methoxy groups -OCH3 is 1. The SMILES string of the molecule is COc1cc(CN2CCN(C(=O)OC(C)(C)C)CC2)c2c(c1)C(=O)/C(=C/c1c[nH]c3ccccc13)O2. The van der Waals surface area contributed by atoms with Crippen molar-refractivity contribution in [1.29, 1.82) is 0 Å². The molecule has 1 amide bonds. The molecule has 1 N–H and O–H groups in total. The molecule has 3 heterocycles. The first-order valence-electron chi connectivity index (χ1n) is 12.1. The number of Topliss-reactive ketones (excluding diaryl/α,β-unsaturated/α-hetero) is 1. The molecular formula is C28H31N3O5. The number of carbonyl (C=O) groups is 2. The number of rotatable bonds is 4. The van der Waals surface area contributed by atoms with Crippen LogP contribution in [-0.4, -0.2) is 65.6 Å². The van der Waals surface area contributed by atoms with Crippen LogP contribution in [0.5, 0.6) is 11.5 Å². The van der Waals surface area contributed by atoms with Crippen molar-refractivity contribution in [3.05, 3.63) is 65.0 Å². The van der Waals surface area contributed by atoms with Crippen LogP contribution < -0.4 is 9.47 Å². The lowest BCUT2D eigenvalue weighted by atomic mass is 10.0. The average molecular weight is 490 g/mol. The molecule has 36 heavy (non-hydrogen) atoms. The summed E-state index contributed by atoms with van der Waals surface area (Å²) >= 11 is 0. The first-order valence-corrected chi connectivity index (χ1v) is 12.1. The zero-order chi connectivity index (χ0) is 25.4. The van der Waals surface area contributed by atoms with Gasteiger partial charge in [0.05, 0.1) is 12.7 Å². The number of nitrogens with one attached hydrogen (secondary N) is 1. The Hall–Kier alpha value is -3.78. The van der Waals surface area contributed by atoms with E-state index in [2.05, 4.69) is 9.88 Å². The van der Waals surface area contributed by atoms with Crippen LogP contribution in [0.2, 0.25) is 0 Å². The van der Waals surface area contributed by atoms with Gasteiger partial charge in [0.1, 0.15) is 17.1 Å². The second-order valence-corrected chi connectivity index (χ2v) is 10.1. The minimum Gasteiger partial charge on any atom is -0.497 e. The summed E-state index contributed by atoms with van der Waals surface area (Å²) in [5.41, 5.74) is 2.76. The summed E-state index contributed by atoms with van der Waals surface area (Å²) in [5, 5.41) is 1.03. The van der Waals surface area contributed by atoms with Gasteiger partial charge in [0.15, 0.2) is 5.76 Å². The maximum atomic E-state index is 13.3. The normalized spacial score (nSPS) is 17.4. The Labute approximate surface area is 210 Å². The molecule has 1 fully saturated rings. The molecule has 188 valence electrons. The van der Waals surface area contributed by atoms with E-state index in [4.69, 9.17) is 14.2 Å². The lowest BCUT2D eigenvalue weighted by molar-refractivity contribution is 0.0138. The van der Waals surface area contributed by atoms with E-state index in [0.29, 0.717) is 55.5 Å². The minimum atomic E-state index is -0.517. The highest BCUT2D eigenvalue weighted by molar-refractivity contribution is 6.15. The molecule has 8 nitrogen and oxygen atoms in total. The van der Waals surface area contributed by atoms with Crippen LogP contribution in [0.15, 0.2) is 48.4 Å². The number of H-pyrrole nitrogens is 1. The largest absolute Gasteiger partial charge is 0.497 e. The van der Waals surface area contributed by atoms with Gasteiger partial charge in [-0.25, -0.2) is 4.79 Å². The van der Waals surface area contributed by atoms with Crippen molar-refractivity contribution in [2.45, 2.75) is 32.9 Å². The van der Waals surface area contributed by atoms with Crippen molar-refractivity contribution in [3.63, 3.8) is 0 Å². The van der Waals surface area contributed by atoms with Crippen molar-refractivity contribution in [2.75, 3.05) is 33.3 Å². The van der Waals surface area contributed by atoms with E-state index in [0.717, 1.165) is 22.0 Å². The number of para-hydroxylation sites is 1. The predicted molar refractivity (Wildman–Crippen MR) is 137 cm³/mol. The maximum Gasteiger partial charge on any atom is 0.410 e. The van der Waals surface area contributed by atoms with Crippen LogP contribution in [0.4, 0.5) is 4.79 Å². The van der Waals surface area contributed by atoms with Crippen LogP contribution in [0.25, 0.3) is 17.0 Å². The molecule has 2 aromatic carbocycles. The number of amides is 1. The lowest BCUT2D eigenvalue weighted by Crippen LogP contribution is -2.49. The van der Waals surface area contributed by atoms with E-state index in [9.17, 15) is 9.59 Å². The van der Waals surface area contributed by atoms with Gasteiger partial charge in [0, 0.05) is 61.0 Å². The number of hydrogen-bond donors (Lipinski definition) is 1. The molecule has 0 spiro atoms. The number of piperazine rings is 1. The Balaban J connectivity index is 1.34. The topological polar surface area (TPSA) is 84.1 Å². The molecule has 2 aliphatic heterocycles. The Kier molecular flexibility index (Phi) is 6.22. The summed E-state index contributed by atoms with van der Waals surface area (Å²) in [7, 11) is 1.59. The van der Waals surface area contributed by atoms with Gasteiger partial charge in [0.25, 0.3) is 0 Å². The first kappa shape index (κ1) is 23.9. The molecule has 0 aliphatic carbocycles. The van der Waals surface area contributed by atoms with Crippen LogP contribution in [0.3, 0.4) is 0 Å². The van der Waals surface area contributed by atoms with E-state index in [1.165, 1.54) is 0 Å². The number of benzene rings is 2. The standard InChI is InChI=1S/C28H31N3O5/c1-28(2,3)36-27(33)31-11-9-30(10-12-31)17-19-13-20(34-4)15-22-25(32)24(35-26(19)22)14-18-16-29-23-8-6-5-7-21(18)23/h5-8,13-16,29H,9-12,17H2,1-4H3/b24-14-. The molecule has 0 bridgehead atoms. The Morgan fingerprint density at radius 1 is 1.14 bits per heavy atom. The second kappa shape index (κ2) is 9.35. The molecule has 1 saturated heterocycles. The smallest absolute Gasteiger partial charge is 0.410 e. The third kappa shape index (κ3) is 4.81. The molecule has 5 rings (SSSR count). The maximum absolute atomic E-state index is 13.3. The molecule has 0 radical (unpaired) electrons. The van der Waals surface area contributed by atoms with E-state index in [1.54, 1.807) is 24.2 Å². The number of fused-ring (bicyclic) bond motifs is 2. The Morgan fingerprint density at radius 2 is 1.89 bits per heavy atom. The fourth-order valence-electron chi connectivity index (χ4n) is 4.58. The molecule has 0 unspecified atom stereocenters. The summed E-state index contributed by atoms with van der Waals surface area (Å²) in [6.45, 7) is 8.72. The zero-order valence-electron chi connectivity index (χ0n) is 21.1. The summed E-state index contributed by atoms with van der Waals surface area (Å²) in [5.74, 6) is 1.31. The number of ether oxygens (including phenoxy) is 3. The number of aromatic nitrogens is 1. The molecular weight excluding hydrogens is 458 g/mol. The highest BCUT2D eigenvalue weighted by Crippen LogP contribution is 2.39. The molecule has 8 heteroatoms. The van der Waals surface area contributed by atoms with Crippen molar-refractivity contribution in [1.82, 2.24) is 14.8 Å². The summed E-state index contributed by atoms with van der Waals surface area (Å²) < 4.78 is 17.2. The van der Waals surface area contributed by atoms with Gasteiger partial charge in [-0.1, -0.05) is 18.2 Å². The highest BCUT2D eigenvalue weighted by Gasteiger charge is 2.32. The van der Waals surface area contributed by atoms with Crippen molar-refractivity contribution in [2.24, 2.45) is 0 Å². The number of carbonyl (C=O) groups excluding carboxylic acids is 2. The second-order valence-electron chi connectivity index (χ2n) is 10.1. The van der Waals surface area contributed by atoms with Gasteiger partial charge in [-0.2, -0.15) is 0 Å². The predicted octanol–water partition coefficient (Wildman–Crippen LogP) is 4.85. The fourth-order valence-corrected chi connectivity index (χ4v) is 4.58. The highest BCUT2D eigenvalue weighted by atomic mass is 16.6. The monoisotopic (exact) mass is 489 g/mol. The quantitative estimate of drug-likeness (QED) is 0.528. The van der Waals surface area contributed by atoms with Crippen LogP contribution >= 0.6 is 0 Å². The van der Waals surface area contributed by atoms with Gasteiger partial charge in [-0.3, -0.25) is 9.69 Å². The Morgan fingerprint density at radius 3 is 2.61 bits per heavy atom. The van der Waals surface area contributed by atoms with Crippen molar-refractivity contribution < 1.29 is 23.8 Å². The molecule has 2 aliphatic rings. The third-order valence-corrected chi connectivity index (χ3v) is 6.38. The third-order valence-electron chi connectivity index (χ3n) is 6.38. The molecule has 0 atom stereocenters. The van der Waals surface area contributed by atoms with Crippen molar-refractivity contribution >= 4 is 28.9 Å². The number of allylic oxidation sites excluding steroid dienone is 1.